The van der Waals surface area contributed by atoms with Crippen LogP contribution in [0.5, 0.6) is 0 Å². The molecule has 1 heterocycles. The molecule has 1 fully saturated rings. The maximum Gasteiger partial charge on any atom is 0.407 e. The Morgan fingerprint density at radius 2 is 2.06 bits per heavy atom. The molecule has 3 amide bonds. The first kappa shape index (κ1) is 14.6. The molecule has 0 aliphatic carbocycles. The Bertz CT molecular complexity index is 312. The third-order valence-electron chi connectivity index (χ3n) is 2.73. The van der Waals surface area contributed by atoms with Gasteiger partial charge in [-0.15, -0.1) is 0 Å². The van der Waals surface area contributed by atoms with E-state index in [1.165, 1.54) is 0 Å². The summed E-state index contributed by atoms with van der Waals surface area (Å²) in [7, 11) is 1.61. The van der Waals surface area contributed by atoms with E-state index in [1.807, 2.05) is 20.8 Å². The summed E-state index contributed by atoms with van der Waals surface area (Å²) in [5.41, 5.74) is -0.500. The third-order valence-corrected chi connectivity index (χ3v) is 2.73. The van der Waals surface area contributed by atoms with Crippen LogP contribution in [0.15, 0.2) is 0 Å². The molecule has 1 atom stereocenters. The fraction of sp³-hybridized carbons (Fsp3) is 0.833. The molecule has 2 N–H and O–H groups in total. The number of rotatable bonds is 2. The van der Waals surface area contributed by atoms with E-state index in [9.17, 15) is 9.59 Å². The predicted molar refractivity (Wildman–Crippen MR) is 68.4 cm³/mol. The molecule has 1 aliphatic heterocycles. The van der Waals surface area contributed by atoms with E-state index < -0.39 is 11.7 Å². The lowest BCUT2D eigenvalue weighted by Crippen LogP contribution is -2.47. The normalized spacial score (nSPS) is 19.6. The van der Waals surface area contributed by atoms with Crippen LogP contribution in [-0.4, -0.2) is 48.8 Å². The molecule has 1 rings (SSSR count). The molecule has 0 aromatic rings. The number of urea groups is 1. The van der Waals surface area contributed by atoms with Crippen molar-refractivity contribution >= 4 is 12.1 Å². The van der Waals surface area contributed by atoms with Crippen LogP contribution in [-0.2, 0) is 4.74 Å². The van der Waals surface area contributed by atoms with E-state index in [0.29, 0.717) is 6.54 Å². The van der Waals surface area contributed by atoms with E-state index in [2.05, 4.69) is 10.6 Å². The second kappa shape index (κ2) is 5.93. The van der Waals surface area contributed by atoms with E-state index in [4.69, 9.17) is 4.74 Å². The highest BCUT2D eigenvalue weighted by Gasteiger charge is 2.28. The lowest BCUT2D eigenvalue weighted by Gasteiger charge is -2.25. The van der Waals surface area contributed by atoms with Gasteiger partial charge in [0.2, 0.25) is 0 Å². The van der Waals surface area contributed by atoms with Crippen LogP contribution < -0.4 is 10.6 Å². The number of hydrogen-bond acceptors (Lipinski definition) is 3. The second-order valence-electron chi connectivity index (χ2n) is 5.43. The minimum atomic E-state index is -0.500. The van der Waals surface area contributed by atoms with E-state index >= 15 is 0 Å². The van der Waals surface area contributed by atoms with Gasteiger partial charge in [0.05, 0.1) is 6.04 Å². The Balaban J connectivity index is 2.38. The van der Waals surface area contributed by atoms with Gasteiger partial charge >= 0.3 is 12.1 Å². The van der Waals surface area contributed by atoms with Gasteiger partial charge in [0.15, 0.2) is 0 Å². The van der Waals surface area contributed by atoms with Crippen molar-refractivity contribution in [3.8, 4) is 0 Å². The van der Waals surface area contributed by atoms with Crippen molar-refractivity contribution in [3.63, 3.8) is 0 Å². The zero-order chi connectivity index (χ0) is 13.8. The fourth-order valence-electron chi connectivity index (χ4n) is 1.97. The van der Waals surface area contributed by atoms with Crippen LogP contribution in [0.1, 0.15) is 33.6 Å². The molecule has 0 aromatic carbocycles. The summed E-state index contributed by atoms with van der Waals surface area (Å²) in [4.78, 5) is 24.8. The fourth-order valence-corrected chi connectivity index (χ4v) is 1.97. The number of carbonyl (C=O) groups excluding carboxylic acids is 2. The molecule has 1 unspecified atom stereocenters. The molecule has 1 aliphatic rings. The summed E-state index contributed by atoms with van der Waals surface area (Å²) in [5, 5.41) is 5.31. The molecule has 0 spiro atoms. The van der Waals surface area contributed by atoms with Gasteiger partial charge in [-0.2, -0.15) is 0 Å². The highest BCUT2D eigenvalue weighted by molar-refractivity contribution is 5.74. The molecule has 6 nitrogen and oxygen atoms in total. The number of ether oxygens (including phenoxy) is 1. The van der Waals surface area contributed by atoms with Crippen LogP contribution >= 0.6 is 0 Å². The van der Waals surface area contributed by atoms with Crippen LogP contribution in [0.3, 0.4) is 0 Å². The van der Waals surface area contributed by atoms with Crippen molar-refractivity contribution in [2.75, 3.05) is 20.1 Å². The summed E-state index contributed by atoms with van der Waals surface area (Å²) in [6.45, 7) is 6.62. The molecule has 1 saturated heterocycles. The van der Waals surface area contributed by atoms with Gasteiger partial charge in [-0.05, 0) is 33.6 Å². The molecule has 6 heteroatoms. The molecule has 18 heavy (non-hydrogen) atoms. The maximum atomic E-state index is 11.6. The largest absolute Gasteiger partial charge is 0.444 e. The number of carbonyl (C=O) groups is 2. The van der Waals surface area contributed by atoms with Gasteiger partial charge in [-0.25, -0.2) is 9.59 Å². The van der Waals surface area contributed by atoms with E-state index in [0.717, 1.165) is 19.4 Å². The molecule has 0 bridgehead atoms. The molecule has 0 saturated carbocycles. The molecule has 0 radical (unpaired) electrons. The Morgan fingerprint density at radius 1 is 1.39 bits per heavy atom. The lowest BCUT2D eigenvalue weighted by molar-refractivity contribution is 0.0516. The number of nitrogens with zero attached hydrogens (tertiary/aromatic N) is 1. The number of alkyl carbamates (subject to hydrolysis) is 1. The van der Waals surface area contributed by atoms with Crippen LogP contribution in [0, 0.1) is 0 Å². The minimum absolute atomic E-state index is 0.0532. The maximum absolute atomic E-state index is 11.6. The van der Waals surface area contributed by atoms with Crippen LogP contribution in [0.25, 0.3) is 0 Å². The average Bonchev–Trinajstić information content (AvgIpc) is 2.71. The van der Waals surface area contributed by atoms with Crippen molar-refractivity contribution in [3.05, 3.63) is 0 Å². The quantitative estimate of drug-likeness (QED) is 0.783. The van der Waals surface area contributed by atoms with Gasteiger partial charge in [-0.3, -0.25) is 0 Å². The summed E-state index contributed by atoms with van der Waals surface area (Å²) in [6.07, 6.45) is 1.43. The van der Waals surface area contributed by atoms with Crippen molar-refractivity contribution < 1.29 is 14.3 Å². The van der Waals surface area contributed by atoms with Gasteiger partial charge in [-0.1, -0.05) is 0 Å². The monoisotopic (exact) mass is 257 g/mol. The van der Waals surface area contributed by atoms with Crippen molar-refractivity contribution in [2.24, 2.45) is 0 Å². The first-order chi connectivity index (χ1) is 8.33. The molecule has 104 valence electrons. The SMILES string of the molecule is CNC(=O)N1CCCC1CNC(=O)OC(C)(C)C. The molecular weight excluding hydrogens is 234 g/mol. The zero-order valence-electron chi connectivity index (χ0n) is 11.6. The Kier molecular flexibility index (Phi) is 4.81. The van der Waals surface area contributed by atoms with Gasteiger partial charge in [0.1, 0.15) is 5.60 Å². The number of hydrogen-bond donors (Lipinski definition) is 2. The number of likely N-dealkylation sites (tertiary alicyclic amines) is 1. The van der Waals surface area contributed by atoms with Gasteiger partial charge in [0, 0.05) is 20.1 Å². The summed E-state index contributed by atoms with van der Waals surface area (Å²) in [6, 6.07) is -0.0408. The number of nitrogens with one attached hydrogen (secondary N) is 2. The third kappa shape index (κ3) is 4.43. The lowest BCUT2D eigenvalue weighted by atomic mass is 10.2. The van der Waals surface area contributed by atoms with Crippen molar-refractivity contribution in [2.45, 2.75) is 45.3 Å². The molecule has 0 aromatic heterocycles. The summed E-state index contributed by atoms with van der Waals surface area (Å²) in [5.74, 6) is 0. The summed E-state index contributed by atoms with van der Waals surface area (Å²) >= 11 is 0. The Morgan fingerprint density at radius 3 is 2.61 bits per heavy atom. The van der Waals surface area contributed by atoms with Gasteiger partial charge in [0.25, 0.3) is 0 Å². The second-order valence-corrected chi connectivity index (χ2v) is 5.43. The first-order valence-corrected chi connectivity index (χ1v) is 6.28. The predicted octanol–water partition coefficient (Wildman–Crippen LogP) is 1.31. The minimum Gasteiger partial charge on any atom is -0.444 e. The average molecular weight is 257 g/mol. The standard InChI is InChI=1S/C12H23N3O3/c1-12(2,3)18-11(17)14-8-9-6-5-7-15(9)10(16)13-4/h9H,5-8H2,1-4H3,(H,13,16)(H,14,17). The van der Waals surface area contributed by atoms with E-state index in [1.54, 1.807) is 11.9 Å². The summed E-state index contributed by atoms with van der Waals surface area (Å²) < 4.78 is 5.15. The van der Waals surface area contributed by atoms with Gasteiger partial charge < -0.3 is 20.3 Å². The molecular formula is C12H23N3O3. The van der Waals surface area contributed by atoms with Crippen molar-refractivity contribution in [1.29, 1.82) is 0 Å². The van der Waals surface area contributed by atoms with Crippen LogP contribution in [0.4, 0.5) is 9.59 Å². The Hall–Kier alpha value is -1.46. The highest BCUT2D eigenvalue weighted by Crippen LogP contribution is 2.16. The highest BCUT2D eigenvalue weighted by atomic mass is 16.6. The zero-order valence-corrected chi connectivity index (χ0v) is 11.6. The Labute approximate surface area is 108 Å². The van der Waals surface area contributed by atoms with Crippen LogP contribution in [0.2, 0.25) is 0 Å². The smallest absolute Gasteiger partial charge is 0.407 e. The van der Waals surface area contributed by atoms with Crippen molar-refractivity contribution in [1.82, 2.24) is 15.5 Å². The first-order valence-electron chi connectivity index (χ1n) is 6.28. The van der Waals surface area contributed by atoms with E-state index in [-0.39, 0.29) is 12.1 Å². The topological polar surface area (TPSA) is 70.7 Å². The number of amides is 3.